The molecule has 0 aliphatic heterocycles. The molecule has 0 unspecified atom stereocenters. The van der Waals surface area contributed by atoms with Gasteiger partial charge in [-0.25, -0.2) is 0 Å². The topological polar surface area (TPSA) is 20.2 Å². The zero-order chi connectivity index (χ0) is 11.1. The highest BCUT2D eigenvalue weighted by molar-refractivity contribution is 5.69. The van der Waals surface area contributed by atoms with Gasteiger partial charge >= 0.3 is 0 Å². The Bertz CT molecular complexity index is 324. The number of aryl methyl sites for hydroxylation is 1. The third-order valence-corrected chi connectivity index (χ3v) is 1.88. The van der Waals surface area contributed by atoms with Crippen LogP contribution in [0.1, 0.15) is 30.5 Å². The van der Waals surface area contributed by atoms with Gasteiger partial charge < -0.3 is 5.11 Å². The van der Waals surface area contributed by atoms with Crippen molar-refractivity contribution in [2.75, 3.05) is 0 Å². The van der Waals surface area contributed by atoms with E-state index in [1.807, 2.05) is 32.9 Å². The van der Waals surface area contributed by atoms with E-state index in [4.69, 9.17) is 0 Å². The second-order valence-corrected chi connectivity index (χ2v) is 2.64. The van der Waals surface area contributed by atoms with Crippen molar-refractivity contribution in [3.63, 3.8) is 0 Å². The number of phenolic OH excluding ortho intramolecular Hbond substituents is 1. The Balaban J connectivity index is 0.000000791. The zero-order valence-electron chi connectivity index (χ0n) is 9.17. The average Bonchev–Trinajstić information content (AvgIpc) is 2.24. The molecule has 14 heavy (non-hydrogen) atoms. The van der Waals surface area contributed by atoms with Gasteiger partial charge in [-0.15, -0.1) is 0 Å². The van der Waals surface area contributed by atoms with Gasteiger partial charge in [0.25, 0.3) is 0 Å². The molecule has 0 bridgehead atoms. The van der Waals surface area contributed by atoms with Crippen LogP contribution in [-0.2, 0) is 0 Å². The minimum Gasteiger partial charge on any atom is -0.507 e. The van der Waals surface area contributed by atoms with E-state index in [0.717, 1.165) is 16.7 Å². The SMILES string of the molecule is C=Cc1ccc(C)c(O)c1C=C.CC. The first-order valence-corrected chi connectivity index (χ1v) is 4.78. The van der Waals surface area contributed by atoms with Crippen LogP contribution >= 0.6 is 0 Å². The zero-order valence-corrected chi connectivity index (χ0v) is 9.17. The highest BCUT2D eigenvalue weighted by Crippen LogP contribution is 2.26. The quantitative estimate of drug-likeness (QED) is 0.747. The van der Waals surface area contributed by atoms with Crippen LogP contribution in [0.5, 0.6) is 5.75 Å². The van der Waals surface area contributed by atoms with E-state index < -0.39 is 0 Å². The van der Waals surface area contributed by atoms with Crippen LogP contribution < -0.4 is 0 Å². The lowest BCUT2D eigenvalue weighted by Gasteiger charge is -2.06. The molecule has 0 aliphatic rings. The van der Waals surface area contributed by atoms with Crippen molar-refractivity contribution < 1.29 is 5.11 Å². The predicted octanol–water partition coefficient (Wildman–Crippen LogP) is 4.01. The molecule has 0 saturated heterocycles. The first kappa shape index (κ1) is 12.5. The molecule has 1 aromatic carbocycles. The van der Waals surface area contributed by atoms with Gasteiger partial charge in [0.2, 0.25) is 0 Å². The summed E-state index contributed by atoms with van der Waals surface area (Å²) in [6.07, 6.45) is 3.34. The van der Waals surface area contributed by atoms with Gasteiger partial charge in [-0.3, -0.25) is 0 Å². The first-order valence-electron chi connectivity index (χ1n) is 4.78. The maximum Gasteiger partial charge on any atom is 0.126 e. The molecule has 0 amide bonds. The van der Waals surface area contributed by atoms with Crippen molar-refractivity contribution in [2.24, 2.45) is 0 Å². The Morgan fingerprint density at radius 2 is 1.71 bits per heavy atom. The molecule has 1 rings (SSSR count). The minimum atomic E-state index is 0.294. The van der Waals surface area contributed by atoms with Crippen molar-refractivity contribution in [1.82, 2.24) is 0 Å². The second-order valence-electron chi connectivity index (χ2n) is 2.64. The van der Waals surface area contributed by atoms with Crippen LogP contribution in [0.2, 0.25) is 0 Å². The summed E-state index contributed by atoms with van der Waals surface area (Å²) in [5.41, 5.74) is 2.52. The Labute approximate surface area is 86.4 Å². The second kappa shape index (κ2) is 6.03. The Hall–Kier alpha value is -1.50. The molecule has 0 aromatic heterocycles. The summed E-state index contributed by atoms with van der Waals surface area (Å²) in [4.78, 5) is 0. The maximum absolute atomic E-state index is 9.59. The summed E-state index contributed by atoms with van der Waals surface area (Å²) >= 11 is 0. The average molecular weight is 190 g/mol. The summed E-state index contributed by atoms with van der Waals surface area (Å²) in [7, 11) is 0. The molecule has 0 saturated carbocycles. The number of benzene rings is 1. The van der Waals surface area contributed by atoms with Gasteiger partial charge in [-0.2, -0.15) is 0 Å². The predicted molar refractivity (Wildman–Crippen MR) is 64.4 cm³/mol. The van der Waals surface area contributed by atoms with E-state index in [0.29, 0.717) is 5.75 Å². The van der Waals surface area contributed by atoms with E-state index >= 15 is 0 Å². The largest absolute Gasteiger partial charge is 0.507 e. The molecule has 1 N–H and O–H groups in total. The van der Waals surface area contributed by atoms with Crippen molar-refractivity contribution in [2.45, 2.75) is 20.8 Å². The molecule has 0 atom stereocenters. The fourth-order valence-electron chi connectivity index (χ4n) is 1.13. The molecule has 0 radical (unpaired) electrons. The molecule has 1 aromatic rings. The van der Waals surface area contributed by atoms with Gasteiger partial charge in [0.15, 0.2) is 0 Å². The highest BCUT2D eigenvalue weighted by atomic mass is 16.3. The van der Waals surface area contributed by atoms with Crippen molar-refractivity contribution in [3.8, 4) is 5.75 Å². The summed E-state index contributed by atoms with van der Waals surface area (Å²) in [5, 5.41) is 9.59. The van der Waals surface area contributed by atoms with Gasteiger partial charge in [0, 0.05) is 5.56 Å². The van der Waals surface area contributed by atoms with Crippen molar-refractivity contribution in [3.05, 3.63) is 42.0 Å². The van der Waals surface area contributed by atoms with E-state index in [9.17, 15) is 5.11 Å². The minimum absolute atomic E-state index is 0.294. The number of rotatable bonds is 2. The van der Waals surface area contributed by atoms with Gasteiger partial charge in [-0.05, 0) is 18.1 Å². The lowest BCUT2D eigenvalue weighted by Crippen LogP contribution is -1.84. The Morgan fingerprint density at radius 3 is 2.14 bits per heavy atom. The van der Waals surface area contributed by atoms with Gasteiger partial charge in [-0.1, -0.05) is 51.3 Å². The number of aromatic hydroxyl groups is 1. The molecular weight excluding hydrogens is 172 g/mol. The van der Waals surface area contributed by atoms with Gasteiger partial charge in [0.05, 0.1) is 0 Å². The lowest BCUT2D eigenvalue weighted by atomic mass is 10.0. The summed E-state index contributed by atoms with van der Waals surface area (Å²) < 4.78 is 0. The smallest absolute Gasteiger partial charge is 0.126 e. The summed E-state index contributed by atoms with van der Waals surface area (Å²) in [6, 6.07) is 3.78. The Morgan fingerprint density at radius 1 is 1.14 bits per heavy atom. The fourth-order valence-corrected chi connectivity index (χ4v) is 1.13. The summed E-state index contributed by atoms with van der Waals surface area (Å²) in [6.45, 7) is 13.1. The molecule has 0 aliphatic carbocycles. The molecular formula is C13H18O. The lowest BCUT2D eigenvalue weighted by molar-refractivity contribution is 0.469. The molecule has 0 heterocycles. The van der Waals surface area contributed by atoms with Crippen molar-refractivity contribution in [1.29, 1.82) is 0 Å². The molecule has 1 heteroatoms. The molecule has 0 fully saturated rings. The highest BCUT2D eigenvalue weighted by Gasteiger charge is 2.03. The maximum atomic E-state index is 9.59. The molecule has 1 nitrogen and oxygen atoms in total. The van der Waals surface area contributed by atoms with Crippen LogP contribution in [0, 0.1) is 6.92 Å². The third kappa shape index (κ3) is 2.49. The summed E-state index contributed by atoms with van der Waals surface area (Å²) in [5.74, 6) is 0.294. The third-order valence-electron chi connectivity index (χ3n) is 1.88. The molecule has 0 spiro atoms. The van der Waals surface area contributed by atoms with E-state index in [-0.39, 0.29) is 0 Å². The fraction of sp³-hybridized carbons (Fsp3) is 0.231. The van der Waals surface area contributed by atoms with Gasteiger partial charge in [0.1, 0.15) is 5.75 Å². The van der Waals surface area contributed by atoms with E-state index in [1.165, 1.54) is 0 Å². The standard InChI is InChI=1S/C11H12O.C2H6/c1-4-9-7-6-8(3)11(12)10(9)5-2;1-2/h4-7,12H,1-2H2,3H3;1-2H3. The normalized spacial score (nSPS) is 8.50. The van der Waals surface area contributed by atoms with E-state index in [2.05, 4.69) is 13.2 Å². The number of hydrogen-bond acceptors (Lipinski definition) is 1. The van der Waals surface area contributed by atoms with Crippen LogP contribution in [0.25, 0.3) is 12.2 Å². The number of phenols is 1. The van der Waals surface area contributed by atoms with Crippen LogP contribution in [0.15, 0.2) is 25.3 Å². The van der Waals surface area contributed by atoms with E-state index in [1.54, 1.807) is 12.2 Å². The van der Waals surface area contributed by atoms with Crippen LogP contribution in [0.4, 0.5) is 0 Å². The van der Waals surface area contributed by atoms with Crippen molar-refractivity contribution >= 4 is 12.2 Å². The monoisotopic (exact) mass is 190 g/mol. The van der Waals surface area contributed by atoms with Crippen LogP contribution in [0.3, 0.4) is 0 Å². The molecule has 76 valence electrons. The Kier molecular flexibility index (Phi) is 5.38. The number of hydrogen-bond donors (Lipinski definition) is 1. The first-order chi connectivity index (χ1) is 6.70. The van der Waals surface area contributed by atoms with Crippen LogP contribution in [-0.4, -0.2) is 5.11 Å².